The predicted molar refractivity (Wildman–Crippen MR) is 194 cm³/mol. The monoisotopic (exact) mass is 666 g/mol. The third-order valence-electron chi connectivity index (χ3n) is 16.6. The van der Waals surface area contributed by atoms with Crippen LogP contribution in [0.15, 0.2) is 23.3 Å². The number of nitrogens with one attached hydrogen (secondary N) is 1. The van der Waals surface area contributed by atoms with Crippen molar-refractivity contribution in [1.82, 2.24) is 10.2 Å². The molecule has 6 heteroatoms. The van der Waals surface area contributed by atoms with E-state index in [9.17, 15) is 14.1 Å². The van der Waals surface area contributed by atoms with Crippen molar-refractivity contribution in [3.8, 4) is 0 Å². The first-order valence-corrected chi connectivity index (χ1v) is 21.3. The van der Waals surface area contributed by atoms with Gasteiger partial charge in [-0.3, -0.25) is 9.00 Å². The zero-order valence-electron chi connectivity index (χ0n) is 30.7. The van der Waals surface area contributed by atoms with Crippen LogP contribution in [-0.4, -0.2) is 63.4 Å². The summed E-state index contributed by atoms with van der Waals surface area (Å²) in [4.78, 5) is 14.6. The molecule has 0 aromatic carbocycles. The molecule has 0 aromatic heterocycles. The lowest BCUT2D eigenvalue weighted by atomic mass is 9.37. The van der Waals surface area contributed by atoms with Gasteiger partial charge in [0.25, 0.3) is 0 Å². The number of rotatable bonds is 7. The van der Waals surface area contributed by atoms with E-state index in [2.05, 4.69) is 50.1 Å². The summed E-state index contributed by atoms with van der Waals surface area (Å²) in [5, 5.41) is 14.5. The molecule has 0 amide bonds. The molecule has 4 saturated carbocycles. The fourth-order valence-corrected chi connectivity index (χ4v) is 14.9. The Kier molecular flexibility index (Phi) is 9.06. The van der Waals surface area contributed by atoms with E-state index >= 15 is 0 Å². The summed E-state index contributed by atoms with van der Waals surface area (Å²) < 4.78 is 12.0. The van der Waals surface area contributed by atoms with Crippen LogP contribution in [0.2, 0.25) is 0 Å². The van der Waals surface area contributed by atoms with Crippen molar-refractivity contribution in [2.45, 2.75) is 142 Å². The van der Waals surface area contributed by atoms with Gasteiger partial charge in [0.15, 0.2) is 0 Å². The van der Waals surface area contributed by atoms with Crippen molar-refractivity contribution in [2.75, 3.05) is 32.4 Å². The number of carboxylic acid groups (broad SMARTS) is 1. The van der Waals surface area contributed by atoms with E-state index < -0.39 is 22.2 Å². The molecule has 0 radical (unpaired) electrons. The van der Waals surface area contributed by atoms with E-state index in [-0.39, 0.29) is 5.41 Å². The van der Waals surface area contributed by atoms with Gasteiger partial charge in [-0.1, -0.05) is 46.3 Å². The second-order valence-corrected chi connectivity index (χ2v) is 20.7. The average Bonchev–Trinajstić information content (AvgIpc) is 3.46. The minimum atomic E-state index is -0.671. The van der Waals surface area contributed by atoms with Crippen molar-refractivity contribution in [1.29, 1.82) is 0 Å². The number of piperidine rings is 1. The highest BCUT2D eigenvalue weighted by atomic mass is 32.2. The second-order valence-electron chi connectivity index (χ2n) is 19.0. The number of likely N-dealkylation sites (tertiary alicyclic amines) is 1. The van der Waals surface area contributed by atoms with Crippen molar-refractivity contribution in [2.24, 2.45) is 51.2 Å². The number of fused-ring (bicyclic) bond motifs is 7. The number of allylic oxidation sites excluding steroid dienone is 4. The Labute approximate surface area is 289 Å². The van der Waals surface area contributed by atoms with Crippen LogP contribution in [-0.2, 0) is 15.6 Å². The SMILES string of the molecule is CS(=O)C1CCN(CCN[C@]23CCC[C@@H]2[C@H]2CCC4[C@@](C)(CCC5C(C)(C)C(C6=CCC(C)(C(=O)O)CC6)=CC[C@@]54C)C2CC3)CC1. The number of aliphatic carboxylic acids is 1. The Morgan fingerprint density at radius 1 is 0.872 bits per heavy atom. The standard InChI is InChI=1S/C41H66N2O3S/c1-37(2)31(28-11-19-38(3,20-12-28)36(44)45)13-21-40(5)34(37)15-22-39(4)32-14-23-41(18-7-8-33(41)30(32)9-10-35(39)40)42-24-27-43-25-16-29(17-26-43)47(6)46/h11,13,29-30,32-35,42H,7-10,12,14-27H2,1-6H3,(H,44,45)/t30-,32?,33+,34?,35?,38?,39-,40-,41-,47?/m0/s1. The van der Waals surface area contributed by atoms with E-state index in [1.807, 2.05) is 13.2 Å². The molecule has 5 nitrogen and oxygen atoms in total. The fraction of sp³-hybridized carbons (Fsp3) is 0.878. The molecule has 0 bridgehead atoms. The number of carbonyl (C=O) groups is 1. The molecule has 0 aromatic rings. The van der Waals surface area contributed by atoms with Gasteiger partial charge < -0.3 is 15.3 Å². The van der Waals surface area contributed by atoms with Crippen LogP contribution in [0, 0.1) is 51.2 Å². The maximum atomic E-state index is 12.0. The van der Waals surface area contributed by atoms with E-state index in [0.717, 1.165) is 75.5 Å². The lowest BCUT2D eigenvalue weighted by molar-refractivity contribution is -0.175. The lowest BCUT2D eigenvalue weighted by Crippen LogP contribution is -2.64. The fourth-order valence-electron chi connectivity index (χ4n) is 14.0. The highest BCUT2D eigenvalue weighted by molar-refractivity contribution is 7.84. The molecule has 5 unspecified atom stereocenters. The topological polar surface area (TPSA) is 69.6 Å². The summed E-state index contributed by atoms with van der Waals surface area (Å²) >= 11 is 0. The van der Waals surface area contributed by atoms with Gasteiger partial charge in [0.1, 0.15) is 0 Å². The first-order valence-electron chi connectivity index (χ1n) is 19.7. The average molecular weight is 667 g/mol. The zero-order valence-corrected chi connectivity index (χ0v) is 31.5. The van der Waals surface area contributed by atoms with Gasteiger partial charge in [-0.15, -0.1) is 0 Å². The summed E-state index contributed by atoms with van der Waals surface area (Å²) in [5.41, 5.74) is 3.68. The Balaban J connectivity index is 1.04. The van der Waals surface area contributed by atoms with Crippen molar-refractivity contribution in [3.05, 3.63) is 23.3 Å². The van der Waals surface area contributed by atoms with Crippen LogP contribution in [0.1, 0.15) is 131 Å². The summed E-state index contributed by atoms with van der Waals surface area (Å²) in [6.07, 6.45) is 25.1. The van der Waals surface area contributed by atoms with E-state index in [1.165, 1.54) is 69.8 Å². The summed E-state index contributed by atoms with van der Waals surface area (Å²) in [5.74, 6) is 3.45. The van der Waals surface area contributed by atoms with Crippen molar-refractivity contribution in [3.63, 3.8) is 0 Å². The van der Waals surface area contributed by atoms with Crippen LogP contribution >= 0.6 is 0 Å². The molecular formula is C41H66N2O3S. The quantitative estimate of drug-likeness (QED) is 0.286. The third kappa shape index (κ3) is 5.60. The molecule has 47 heavy (non-hydrogen) atoms. The molecule has 5 fully saturated rings. The van der Waals surface area contributed by atoms with Crippen LogP contribution < -0.4 is 5.32 Å². The van der Waals surface area contributed by atoms with Gasteiger partial charge in [0.05, 0.1) is 5.41 Å². The maximum Gasteiger partial charge on any atom is 0.309 e. The summed E-state index contributed by atoms with van der Waals surface area (Å²) in [6, 6.07) is 0. The smallest absolute Gasteiger partial charge is 0.309 e. The Morgan fingerprint density at radius 2 is 1.64 bits per heavy atom. The molecule has 7 rings (SSSR count). The molecule has 10 atom stereocenters. The van der Waals surface area contributed by atoms with Gasteiger partial charge in [0, 0.05) is 40.9 Å². The highest BCUT2D eigenvalue weighted by Gasteiger charge is 2.65. The lowest BCUT2D eigenvalue weighted by Gasteiger charge is -2.68. The first kappa shape index (κ1) is 34.5. The van der Waals surface area contributed by atoms with Crippen LogP contribution in [0.3, 0.4) is 0 Å². The summed E-state index contributed by atoms with van der Waals surface area (Å²) in [6.45, 7) is 16.9. The number of nitrogens with zero attached hydrogens (tertiary/aromatic N) is 1. The molecule has 1 saturated heterocycles. The molecule has 7 aliphatic rings. The molecular weight excluding hydrogens is 601 g/mol. The third-order valence-corrected chi connectivity index (χ3v) is 18.0. The maximum absolute atomic E-state index is 12.0. The molecule has 1 aliphatic heterocycles. The van der Waals surface area contributed by atoms with E-state index in [0.29, 0.717) is 34.0 Å². The van der Waals surface area contributed by atoms with Crippen LogP contribution in [0.25, 0.3) is 0 Å². The Bertz CT molecular complexity index is 1320. The van der Waals surface area contributed by atoms with Crippen LogP contribution in [0.4, 0.5) is 0 Å². The van der Waals surface area contributed by atoms with E-state index in [4.69, 9.17) is 0 Å². The number of hydrogen-bond donors (Lipinski definition) is 2. The number of hydrogen-bond acceptors (Lipinski definition) is 4. The van der Waals surface area contributed by atoms with Gasteiger partial charge in [-0.2, -0.15) is 0 Å². The van der Waals surface area contributed by atoms with Gasteiger partial charge in [-0.05, 0) is 167 Å². The molecule has 2 N–H and O–H groups in total. The van der Waals surface area contributed by atoms with Crippen molar-refractivity contribution >= 4 is 16.8 Å². The molecule has 264 valence electrons. The molecule has 0 spiro atoms. The largest absolute Gasteiger partial charge is 0.481 e. The van der Waals surface area contributed by atoms with Crippen LogP contribution in [0.5, 0.6) is 0 Å². The van der Waals surface area contributed by atoms with Gasteiger partial charge >= 0.3 is 5.97 Å². The second kappa shape index (κ2) is 12.4. The Morgan fingerprint density at radius 3 is 2.32 bits per heavy atom. The zero-order chi connectivity index (χ0) is 33.4. The Hall–Kier alpha value is -0.980. The van der Waals surface area contributed by atoms with E-state index in [1.54, 1.807) is 5.57 Å². The van der Waals surface area contributed by atoms with Crippen molar-refractivity contribution < 1.29 is 14.1 Å². The minimum Gasteiger partial charge on any atom is -0.481 e. The molecule has 6 aliphatic carbocycles. The summed E-state index contributed by atoms with van der Waals surface area (Å²) in [7, 11) is -0.671. The highest BCUT2D eigenvalue weighted by Crippen LogP contribution is 2.72. The minimum absolute atomic E-state index is 0.133. The predicted octanol–water partition coefficient (Wildman–Crippen LogP) is 8.37. The number of carboxylic acids is 1. The first-order chi connectivity index (χ1) is 22.2. The van der Waals surface area contributed by atoms with Gasteiger partial charge in [0.2, 0.25) is 0 Å². The molecule has 1 heterocycles. The van der Waals surface area contributed by atoms with Gasteiger partial charge in [-0.25, -0.2) is 0 Å². The normalized spacial score (nSPS) is 45.9.